The van der Waals surface area contributed by atoms with E-state index in [0.717, 1.165) is 22.3 Å². The molecule has 0 aromatic carbocycles. The Labute approximate surface area is 309 Å². The van der Waals surface area contributed by atoms with Gasteiger partial charge in [-0.25, -0.2) is 9.78 Å². The molecule has 10 heteroatoms. The highest BCUT2D eigenvalue weighted by atomic mass is 32.1. The lowest BCUT2D eigenvalue weighted by Crippen LogP contribution is -2.30. The summed E-state index contributed by atoms with van der Waals surface area (Å²) < 4.78 is 17.5. The van der Waals surface area contributed by atoms with E-state index in [1.54, 1.807) is 31.4 Å². The first-order valence-electron chi connectivity index (χ1n) is 17.7. The molecular weight excluding hydrogens is 665 g/mol. The van der Waals surface area contributed by atoms with E-state index in [0.29, 0.717) is 17.1 Å². The van der Waals surface area contributed by atoms with E-state index < -0.39 is 36.5 Å². The van der Waals surface area contributed by atoms with Crippen LogP contribution in [-0.2, 0) is 19.0 Å². The van der Waals surface area contributed by atoms with Gasteiger partial charge in [-0.3, -0.25) is 4.79 Å². The second-order valence-corrected chi connectivity index (χ2v) is 14.9. The first-order valence-corrected chi connectivity index (χ1v) is 18.6. The fourth-order valence-corrected chi connectivity index (χ4v) is 6.69. The number of thiazole rings is 1. The fourth-order valence-electron chi connectivity index (χ4n) is 5.81. The van der Waals surface area contributed by atoms with Crippen LogP contribution >= 0.6 is 11.3 Å². The Hall–Kier alpha value is -3.57. The van der Waals surface area contributed by atoms with Crippen LogP contribution < -0.4 is 5.32 Å². The Morgan fingerprint density at radius 3 is 2.37 bits per heavy atom. The van der Waals surface area contributed by atoms with Gasteiger partial charge in [0, 0.05) is 37.3 Å². The maximum Gasteiger partial charge on any atom is 0.407 e. The zero-order chi connectivity index (χ0) is 38.2. The number of ether oxygens (including phenoxy) is 3. The van der Waals surface area contributed by atoms with Gasteiger partial charge in [-0.2, -0.15) is 0 Å². The van der Waals surface area contributed by atoms with Crippen molar-refractivity contribution in [3.63, 3.8) is 0 Å². The SMILES string of the molecule is CNC(=O)O[C@@H](CC(C)C)c1nc([C@H]2OC(=O)C/C=C\C(C)=C/[C@@H](O)[C@@H](C)\C=C(C)/C=C(C)\C=C/[C@@H](O)[C@H](C)[C@H](OC)/C(C)=C\C=C/[C@@H]2C)cs1. The second kappa shape index (κ2) is 21.7. The number of hydrogen-bond acceptors (Lipinski definition) is 9. The summed E-state index contributed by atoms with van der Waals surface area (Å²) >= 11 is 1.37. The predicted octanol–water partition coefficient (Wildman–Crippen LogP) is 8.67. The van der Waals surface area contributed by atoms with Crippen LogP contribution in [0.25, 0.3) is 0 Å². The van der Waals surface area contributed by atoms with Crippen LogP contribution in [-0.4, -0.2) is 59.7 Å². The molecular formula is C41H60N2O7S. The van der Waals surface area contributed by atoms with Crippen LogP contribution in [0.2, 0.25) is 0 Å². The zero-order valence-corrected chi connectivity index (χ0v) is 33.1. The minimum atomic E-state index is -0.754. The molecule has 0 spiro atoms. The molecule has 1 aliphatic rings. The standard InChI is InChI=1S/C41H60N2O7S/c1-25(2)20-36(49-41(47)42-10)40-43-33(24-51-40)39-30(7)16-13-15-29(6)38(48-11)32(9)34(44)19-18-27(4)21-28(5)22-31(8)35(45)23-26(3)14-12-17-37(46)50-39/h12-16,18-19,21-25,30-32,34-36,38-39,44-45H,17,20H2,1-11H3,(H,42,47)/b14-12-,16-13-,19-18-,26-23-,27-21-,28-22-,29-15-/t30-,31-,32-,34+,35+,36-,38+,39-/m0/s1. The minimum Gasteiger partial charge on any atom is -0.455 e. The first-order chi connectivity index (χ1) is 24.1. The van der Waals surface area contributed by atoms with Gasteiger partial charge in [0.25, 0.3) is 0 Å². The molecule has 282 valence electrons. The number of nitrogens with one attached hydrogen (secondary N) is 1. The van der Waals surface area contributed by atoms with Crippen molar-refractivity contribution in [3.8, 4) is 0 Å². The number of rotatable bonds is 6. The van der Waals surface area contributed by atoms with E-state index in [4.69, 9.17) is 19.2 Å². The van der Waals surface area contributed by atoms with Crippen molar-refractivity contribution in [2.75, 3.05) is 14.2 Å². The number of allylic oxidation sites excluding steroid dienone is 8. The lowest BCUT2D eigenvalue weighted by molar-refractivity contribution is -0.150. The summed E-state index contributed by atoms with van der Waals surface area (Å²) in [5, 5.41) is 26.9. The molecule has 8 atom stereocenters. The van der Waals surface area contributed by atoms with Gasteiger partial charge in [0.2, 0.25) is 0 Å². The Balaban J connectivity index is 2.55. The number of amides is 1. The van der Waals surface area contributed by atoms with E-state index in [1.165, 1.54) is 18.4 Å². The van der Waals surface area contributed by atoms with E-state index >= 15 is 0 Å². The van der Waals surface area contributed by atoms with Crippen molar-refractivity contribution in [1.82, 2.24) is 10.3 Å². The molecule has 0 aliphatic carbocycles. The molecule has 1 aliphatic heterocycles. The number of carbonyl (C=O) groups is 2. The molecule has 3 N–H and O–H groups in total. The van der Waals surface area contributed by atoms with Gasteiger partial charge in [0.05, 0.1) is 30.4 Å². The maximum atomic E-state index is 13.2. The van der Waals surface area contributed by atoms with Crippen LogP contribution in [0, 0.1) is 23.7 Å². The highest BCUT2D eigenvalue weighted by molar-refractivity contribution is 7.09. The number of aliphatic hydroxyl groups is 2. The number of aromatic nitrogens is 1. The summed E-state index contributed by atoms with van der Waals surface area (Å²) in [6.07, 6.45) is 15.8. The molecule has 0 saturated heterocycles. The number of cyclic esters (lactones) is 1. The molecule has 0 saturated carbocycles. The monoisotopic (exact) mass is 724 g/mol. The number of hydrogen-bond donors (Lipinski definition) is 3. The average Bonchev–Trinajstić information content (AvgIpc) is 3.55. The predicted molar refractivity (Wildman–Crippen MR) is 206 cm³/mol. The molecule has 0 fully saturated rings. The van der Waals surface area contributed by atoms with Crippen LogP contribution in [0.3, 0.4) is 0 Å². The molecule has 1 aromatic heterocycles. The normalized spacial score (nSPS) is 33.0. The second-order valence-electron chi connectivity index (χ2n) is 14.0. The van der Waals surface area contributed by atoms with E-state index in [9.17, 15) is 19.8 Å². The van der Waals surface area contributed by atoms with Crippen molar-refractivity contribution in [2.24, 2.45) is 23.7 Å². The molecule has 1 amide bonds. The number of methoxy groups -OCH3 is 1. The highest BCUT2D eigenvalue weighted by Crippen LogP contribution is 2.34. The van der Waals surface area contributed by atoms with Crippen LogP contribution in [0.1, 0.15) is 98.1 Å². The van der Waals surface area contributed by atoms with Crippen LogP contribution in [0.15, 0.2) is 88.4 Å². The number of carbonyl (C=O) groups excluding carboxylic acids is 2. The van der Waals surface area contributed by atoms with Gasteiger partial charge in [-0.05, 0) is 45.6 Å². The summed E-state index contributed by atoms with van der Waals surface area (Å²) in [5.74, 6) is -0.840. The largest absolute Gasteiger partial charge is 0.455 e. The summed E-state index contributed by atoms with van der Waals surface area (Å²) in [7, 11) is 3.15. The lowest BCUT2D eigenvalue weighted by Gasteiger charge is -2.26. The van der Waals surface area contributed by atoms with Crippen molar-refractivity contribution in [3.05, 3.63) is 99.1 Å². The molecule has 9 nitrogen and oxygen atoms in total. The van der Waals surface area contributed by atoms with E-state index in [-0.39, 0.29) is 36.2 Å². The van der Waals surface area contributed by atoms with Gasteiger partial charge in [0.15, 0.2) is 12.2 Å². The fraction of sp³-hybridized carbons (Fsp3) is 0.537. The van der Waals surface area contributed by atoms with Crippen molar-refractivity contribution in [1.29, 1.82) is 0 Å². The van der Waals surface area contributed by atoms with Gasteiger partial charge in [0.1, 0.15) is 5.01 Å². The topological polar surface area (TPSA) is 127 Å². The van der Waals surface area contributed by atoms with Gasteiger partial charge in [-0.1, -0.05) is 112 Å². The highest BCUT2D eigenvalue weighted by Gasteiger charge is 2.28. The summed E-state index contributed by atoms with van der Waals surface area (Å²) in [6, 6.07) is 0. The number of aliphatic hydroxyl groups excluding tert-OH is 2. The average molecular weight is 725 g/mol. The van der Waals surface area contributed by atoms with Crippen LogP contribution in [0.4, 0.5) is 4.79 Å². The van der Waals surface area contributed by atoms with E-state index in [1.807, 2.05) is 104 Å². The summed E-state index contributed by atoms with van der Waals surface area (Å²) in [6.45, 7) is 17.7. The number of alkyl carbamates (subject to hydrolysis) is 1. The van der Waals surface area contributed by atoms with Crippen LogP contribution in [0.5, 0.6) is 0 Å². The van der Waals surface area contributed by atoms with Crippen molar-refractivity contribution >= 4 is 23.4 Å². The molecule has 0 unspecified atom stereocenters. The molecule has 51 heavy (non-hydrogen) atoms. The smallest absolute Gasteiger partial charge is 0.407 e. The third kappa shape index (κ3) is 14.9. The Morgan fingerprint density at radius 1 is 1.02 bits per heavy atom. The molecule has 2 rings (SSSR count). The Morgan fingerprint density at radius 2 is 1.73 bits per heavy atom. The summed E-state index contributed by atoms with van der Waals surface area (Å²) in [5.41, 5.74) is 4.29. The van der Waals surface area contributed by atoms with Gasteiger partial charge < -0.3 is 29.7 Å². The lowest BCUT2D eigenvalue weighted by atomic mass is 9.91. The van der Waals surface area contributed by atoms with Crippen molar-refractivity contribution < 1.29 is 34.0 Å². The molecule has 1 aromatic rings. The Kier molecular flexibility index (Phi) is 18.6. The number of nitrogens with zero attached hydrogens (tertiary/aromatic N) is 1. The molecule has 0 bridgehead atoms. The molecule has 0 radical (unpaired) electrons. The van der Waals surface area contributed by atoms with Gasteiger partial charge in [-0.15, -0.1) is 11.3 Å². The third-order valence-electron chi connectivity index (χ3n) is 8.65. The number of esters is 1. The third-order valence-corrected chi connectivity index (χ3v) is 9.60. The van der Waals surface area contributed by atoms with Gasteiger partial charge >= 0.3 is 12.1 Å². The molecule has 2 heterocycles. The minimum absolute atomic E-state index is 0.0296. The zero-order valence-electron chi connectivity index (χ0n) is 32.3. The first kappa shape index (κ1) is 43.6. The maximum absolute atomic E-state index is 13.2. The summed E-state index contributed by atoms with van der Waals surface area (Å²) in [4.78, 5) is 30.2. The Bertz CT molecular complexity index is 1500. The quantitative estimate of drug-likeness (QED) is 0.249. The van der Waals surface area contributed by atoms with E-state index in [2.05, 4.69) is 5.32 Å². The van der Waals surface area contributed by atoms with Crippen molar-refractivity contribution in [2.45, 2.75) is 106 Å².